The van der Waals surface area contributed by atoms with Crippen LogP contribution in [0.4, 0.5) is 0 Å². The number of hydrogen-bond acceptors (Lipinski definition) is 7. The first-order chi connectivity index (χ1) is 18.2. The predicted octanol–water partition coefficient (Wildman–Crippen LogP) is 4.88. The molecule has 2 aliphatic rings. The molecule has 4 rings (SSSR count). The highest BCUT2D eigenvalue weighted by molar-refractivity contribution is 6.49. The molecule has 0 saturated carbocycles. The summed E-state index contributed by atoms with van der Waals surface area (Å²) in [4.78, 5) is 59.3. The van der Waals surface area contributed by atoms with Crippen molar-refractivity contribution in [3.05, 3.63) is 71.8 Å². The molecule has 1 aliphatic carbocycles. The van der Waals surface area contributed by atoms with Gasteiger partial charge in [-0.25, -0.2) is 9.59 Å². The normalized spacial score (nSPS) is 11.2. The van der Waals surface area contributed by atoms with E-state index >= 15 is 0 Å². The van der Waals surface area contributed by atoms with E-state index in [1.165, 1.54) is 6.07 Å². The zero-order valence-electron chi connectivity index (χ0n) is 19.0. The summed E-state index contributed by atoms with van der Waals surface area (Å²) in [5.41, 5.74) is -3.36. The van der Waals surface area contributed by atoms with Gasteiger partial charge >= 0.3 is 23.9 Å². The van der Waals surface area contributed by atoms with Crippen molar-refractivity contribution in [3.8, 4) is 28.2 Å². The highest BCUT2D eigenvalue weighted by atomic mass is 35.5. The van der Waals surface area contributed by atoms with Crippen molar-refractivity contribution in [1.82, 2.24) is 0 Å². The van der Waals surface area contributed by atoms with Crippen LogP contribution in [0.15, 0.2) is 33.5 Å². The maximum absolute atomic E-state index is 12.6. The third-order valence-electron chi connectivity index (χ3n) is 5.78. The van der Waals surface area contributed by atoms with E-state index in [1.54, 1.807) is 0 Å². The van der Waals surface area contributed by atoms with Crippen LogP contribution in [0.5, 0.6) is 5.75 Å². The summed E-state index contributed by atoms with van der Waals surface area (Å²) in [6.45, 7) is 0. The zero-order chi connectivity index (χ0) is 28.9. The summed E-state index contributed by atoms with van der Waals surface area (Å²) in [6, 6.07) is 4.37. The second-order valence-corrected chi connectivity index (χ2v) is 9.36. The van der Waals surface area contributed by atoms with Gasteiger partial charge in [0.25, 0.3) is 0 Å². The van der Waals surface area contributed by atoms with E-state index in [2.05, 4.69) is 0 Å². The Labute approximate surface area is 231 Å². The number of phenolic OH excluding ortho intramolecular Hbond substituents is 1. The molecule has 0 fully saturated rings. The van der Waals surface area contributed by atoms with E-state index in [-0.39, 0.29) is 44.5 Å². The molecule has 5 N–H and O–H groups in total. The largest absolute Gasteiger partial charge is 0.508 e. The smallest absolute Gasteiger partial charge is 0.338 e. The van der Waals surface area contributed by atoms with Crippen LogP contribution in [0.25, 0.3) is 33.4 Å². The number of aromatic hydroxyl groups is 1. The average molecular weight is 596 g/mol. The number of aliphatic carboxylic acids is 2. The standard InChI is InChI=1S/C25H13Cl3O11/c26-21-18(22(27)23(28)20(25(37)38)19(21)24(35)36)17-9-1-7(3-15(31)32)11(29)5-13(9)39-14-6-12(30)8(2-10(14)17)4-16(33)34/h1-2,5-6,29H,3-4H2,(H,31,32)(H,33,34)(H,35,36)(H,37,38). The Morgan fingerprint density at radius 2 is 1.28 bits per heavy atom. The average Bonchev–Trinajstić information content (AvgIpc) is 2.81. The molecule has 0 saturated heterocycles. The first-order valence-electron chi connectivity index (χ1n) is 10.6. The van der Waals surface area contributed by atoms with Crippen LogP contribution in [0.3, 0.4) is 0 Å². The van der Waals surface area contributed by atoms with E-state index in [1.807, 2.05) is 0 Å². The molecule has 2 aromatic carbocycles. The highest BCUT2D eigenvalue weighted by Gasteiger charge is 2.33. The third-order valence-corrected chi connectivity index (χ3v) is 7.01. The van der Waals surface area contributed by atoms with Gasteiger partial charge in [-0.15, -0.1) is 0 Å². The number of rotatable bonds is 7. The second kappa shape index (κ2) is 10.1. The molecule has 0 bridgehead atoms. The van der Waals surface area contributed by atoms with Crippen LogP contribution in [0.2, 0.25) is 15.1 Å². The van der Waals surface area contributed by atoms with Gasteiger partial charge in [0.2, 0.25) is 0 Å². The van der Waals surface area contributed by atoms with E-state index in [0.29, 0.717) is 0 Å². The molecule has 0 amide bonds. The number of phenols is 1. The van der Waals surface area contributed by atoms with Crippen LogP contribution in [0, 0.1) is 0 Å². The molecule has 0 aromatic heterocycles. The van der Waals surface area contributed by atoms with Crippen molar-refractivity contribution in [1.29, 1.82) is 0 Å². The summed E-state index contributed by atoms with van der Waals surface area (Å²) in [5.74, 6) is -6.78. The lowest BCUT2D eigenvalue weighted by atomic mass is 9.89. The quantitative estimate of drug-likeness (QED) is 0.144. The Balaban J connectivity index is 2.31. The minimum Gasteiger partial charge on any atom is -0.508 e. The number of aromatic carboxylic acids is 2. The van der Waals surface area contributed by atoms with Gasteiger partial charge in [0.05, 0.1) is 39.0 Å². The number of halogens is 3. The third kappa shape index (κ3) is 4.83. The Hall–Kier alpha value is -4.32. The van der Waals surface area contributed by atoms with E-state index in [9.17, 15) is 49.5 Å². The minimum absolute atomic E-state index is 0.00963. The van der Waals surface area contributed by atoms with Crippen molar-refractivity contribution in [2.24, 2.45) is 0 Å². The van der Waals surface area contributed by atoms with Gasteiger partial charge < -0.3 is 29.9 Å². The molecular weight excluding hydrogens is 583 g/mol. The molecule has 39 heavy (non-hydrogen) atoms. The molecule has 11 nitrogen and oxygen atoms in total. The Kier molecular flexibility index (Phi) is 7.17. The maximum atomic E-state index is 12.6. The Morgan fingerprint density at radius 1 is 0.718 bits per heavy atom. The molecule has 14 heteroatoms. The number of carboxylic acid groups (broad SMARTS) is 4. The van der Waals surface area contributed by atoms with E-state index in [0.717, 1.165) is 18.2 Å². The van der Waals surface area contributed by atoms with Crippen LogP contribution >= 0.6 is 34.8 Å². The van der Waals surface area contributed by atoms with Crippen LogP contribution in [0.1, 0.15) is 31.8 Å². The summed E-state index contributed by atoms with van der Waals surface area (Å²) in [7, 11) is 0. The summed E-state index contributed by atoms with van der Waals surface area (Å²) >= 11 is 19.1. The number of carbonyl (C=O) groups is 4. The maximum Gasteiger partial charge on any atom is 0.338 e. The topological polar surface area (TPSA) is 200 Å². The number of benzene rings is 3. The van der Waals surface area contributed by atoms with Crippen molar-refractivity contribution in [2.75, 3.05) is 0 Å². The fourth-order valence-corrected chi connectivity index (χ4v) is 5.17. The Bertz CT molecular complexity index is 1790. The lowest BCUT2D eigenvalue weighted by Crippen LogP contribution is -2.14. The molecule has 0 atom stereocenters. The molecule has 2 aromatic rings. The zero-order valence-corrected chi connectivity index (χ0v) is 21.3. The minimum atomic E-state index is -1.76. The molecule has 0 spiro atoms. The number of carboxylic acids is 4. The molecular formula is C25H13Cl3O11. The van der Waals surface area contributed by atoms with Crippen molar-refractivity contribution in [2.45, 2.75) is 12.8 Å². The second-order valence-electron chi connectivity index (χ2n) is 8.23. The molecule has 0 unspecified atom stereocenters. The first-order valence-corrected chi connectivity index (χ1v) is 11.7. The van der Waals surface area contributed by atoms with Crippen LogP contribution in [-0.4, -0.2) is 49.4 Å². The van der Waals surface area contributed by atoms with Crippen LogP contribution in [-0.2, 0) is 22.4 Å². The number of hydrogen-bond donors (Lipinski definition) is 5. The predicted molar refractivity (Wildman–Crippen MR) is 138 cm³/mol. The number of fused-ring (bicyclic) bond motifs is 2. The lowest BCUT2D eigenvalue weighted by molar-refractivity contribution is -0.137. The van der Waals surface area contributed by atoms with Gasteiger partial charge in [-0.3, -0.25) is 14.4 Å². The van der Waals surface area contributed by atoms with Gasteiger partial charge in [-0.2, -0.15) is 0 Å². The van der Waals surface area contributed by atoms with Crippen LogP contribution < -0.4 is 5.43 Å². The van der Waals surface area contributed by atoms with E-state index in [4.69, 9.17) is 39.2 Å². The molecule has 0 radical (unpaired) electrons. The Morgan fingerprint density at radius 3 is 1.85 bits per heavy atom. The molecule has 1 aliphatic heterocycles. The van der Waals surface area contributed by atoms with Gasteiger partial charge in [-0.1, -0.05) is 34.8 Å². The summed E-state index contributed by atoms with van der Waals surface area (Å²) in [5, 5.41) is 46.5. The fraction of sp³-hybridized carbons (Fsp3) is 0.0800. The fourth-order valence-electron chi connectivity index (χ4n) is 4.20. The summed E-state index contributed by atoms with van der Waals surface area (Å²) < 4.78 is 5.76. The van der Waals surface area contributed by atoms with Crippen molar-refractivity contribution >= 4 is 69.6 Å². The van der Waals surface area contributed by atoms with Gasteiger partial charge in [0, 0.05) is 45.3 Å². The van der Waals surface area contributed by atoms with Gasteiger partial charge in [0.15, 0.2) is 5.43 Å². The lowest BCUT2D eigenvalue weighted by Gasteiger charge is -2.21. The molecule has 1 heterocycles. The molecule has 200 valence electrons. The monoisotopic (exact) mass is 594 g/mol. The van der Waals surface area contributed by atoms with Gasteiger partial charge in [-0.05, 0) is 12.1 Å². The SMILES string of the molecule is O=C(O)Cc1cc2c(-c3c(Cl)c(Cl)c(C(=O)O)c(C(=O)O)c3Cl)c3cc(CC(=O)O)c(=O)cc-3oc2cc1O. The highest BCUT2D eigenvalue weighted by Crippen LogP contribution is 2.50. The van der Waals surface area contributed by atoms with Gasteiger partial charge in [0.1, 0.15) is 17.1 Å². The summed E-state index contributed by atoms with van der Waals surface area (Å²) in [6.07, 6.45) is -1.35. The van der Waals surface area contributed by atoms with E-state index < -0.39 is 74.1 Å². The van der Waals surface area contributed by atoms with Crippen molar-refractivity contribution in [3.63, 3.8) is 0 Å². The van der Waals surface area contributed by atoms with Crippen molar-refractivity contribution < 1.29 is 49.1 Å². The first kappa shape index (κ1) is 27.7.